The van der Waals surface area contributed by atoms with Gasteiger partial charge >= 0.3 is 0 Å². The third-order valence-corrected chi connectivity index (χ3v) is 2.82. The molecule has 0 saturated carbocycles. The lowest BCUT2D eigenvalue weighted by Crippen LogP contribution is -2.31. The van der Waals surface area contributed by atoms with Crippen molar-refractivity contribution in [3.05, 3.63) is 0 Å². The van der Waals surface area contributed by atoms with Gasteiger partial charge in [-0.3, -0.25) is 9.59 Å². The zero-order valence-electron chi connectivity index (χ0n) is 11.6. The molecule has 16 heavy (non-hydrogen) atoms. The first-order valence-electron chi connectivity index (χ1n) is 6.23. The molecule has 2 nitrogen and oxygen atoms in total. The monoisotopic (exact) mass is 226 g/mol. The highest BCUT2D eigenvalue weighted by atomic mass is 16.2. The van der Waals surface area contributed by atoms with Crippen LogP contribution >= 0.6 is 0 Å². The molecule has 0 fully saturated rings. The van der Waals surface area contributed by atoms with Crippen molar-refractivity contribution in [1.82, 2.24) is 0 Å². The fraction of sp³-hybridized carbons (Fsp3) is 0.857. The Morgan fingerprint density at radius 1 is 1.06 bits per heavy atom. The van der Waals surface area contributed by atoms with Crippen LogP contribution in [0.4, 0.5) is 0 Å². The molecule has 0 aliphatic heterocycles. The second-order valence-electron chi connectivity index (χ2n) is 6.09. The Balaban J connectivity index is 4.14. The lowest BCUT2D eigenvalue weighted by atomic mass is 9.81. The minimum atomic E-state index is -0.438. The molecule has 0 aliphatic rings. The molecule has 94 valence electrons. The molecule has 0 rings (SSSR count). The third kappa shape index (κ3) is 5.43. The van der Waals surface area contributed by atoms with Gasteiger partial charge in [-0.2, -0.15) is 0 Å². The molecule has 1 unspecified atom stereocenters. The van der Waals surface area contributed by atoms with Crippen LogP contribution in [-0.2, 0) is 9.59 Å². The maximum atomic E-state index is 11.9. The summed E-state index contributed by atoms with van der Waals surface area (Å²) in [4.78, 5) is 23.7. The van der Waals surface area contributed by atoms with Crippen molar-refractivity contribution in [2.75, 3.05) is 0 Å². The van der Waals surface area contributed by atoms with Gasteiger partial charge in [0.25, 0.3) is 0 Å². The maximum absolute atomic E-state index is 11.9. The van der Waals surface area contributed by atoms with Crippen molar-refractivity contribution in [1.29, 1.82) is 0 Å². The van der Waals surface area contributed by atoms with Crippen molar-refractivity contribution in [2.45, 2.75) is 60.8 Å². The molecular weight excluding hydrogens is 200 g/mol. The van der Waals surface area contributed by atoms with E-state index < -0.39 is 11.3 Å². The van der Waals surface area contributed by atoms with Crippen LogP contribution in [0.1, 0.15) is 60.8 Å². The average Bonchev–Trinajstić information content (AvgIpc) is 2.13. The summed E-state index contributed by atoms with van der Waals surface area (Å²) in [7, 11) is 0. The van der Waals surface area contributed by atoms with Gasteiger partial charge in [-0.25, -0.2) is 0 Å². The molecule has 0 aromatic carbocycles. The van der Waals surface area contributed by atoms with Gasteiger partial charge in [-0.05, 0) is 19.3 Å². The van der Waals surface area contributed by atoms with Crippen molar-refractivity contribution in [2.24, 2.45) is 17.3 Å². The molecule has 0 aliphatic carbocycles. The molecular formula is C14H26O2. The predicted molar refractivity (Wildman–Crippen MR) is 67.3 cm³/mol. The summed E-state index contributed by atoms with van der Waals surface area (Å²) in [5.74, 6) is 0.344. The van der Waals surface area contributed by atoms with E-state index in [-0.39, 0.29) is 11.6 Å². The second kappa shape index (κ2) is 6.17. The van der Waals surface area contributed by atoms with E-state index in [9.17, 15) is 9.59 Å². The van der Waals surface area contributed by atoms with Gasteiger partial charge in [0, 0.05) is 11.8 Å². The zero-order chi connectivity index (χ0) is 12.9. The van der Waals surface area contributed by atoms with Crippen molar-refractivity contribution < 1.29 is 9.59 Å². The van der Waals surface area contributed by atoms with Crippen LogP contribution in [0.2, 0.25) is 0 Å². The van der Waals surface area contributed by atoms with Gasteiger partial charge in [0.15, 0.2) is 0 Å². The number of Topliss-reactive ketones (excluding diaryl/α,β-unsaturated/α-hetero) is 2. The minimum Gasteiger partial charge on any atom is -0.299 e. The van der Waals surface area contributed by atoms with Gasteiger partial charge in [0.1, 0.15) is 11.6 Å². The summed E-state index contributed by atoms with van der Waals surface area (Å²) in [5.41, 5.74) is -0.410. The number of rotatable bonds is 6. The predicted octanol–water partition coefficient (Wildman–Crippen LogP) is 3.63. The van der Waals surface area contributed by atoms with Crippen molar-refractivity contribution in [3.8, 4) is 0 Å². The molecule has 2 heteroatoms. The maximum Gasteiger partial charge on any atom is 0.148 e. The number of carbonyl (C=O) groups is 2. The van der Waals surface area contributed by atoms with Crippen LogP contribution < -0.4 is 0 Å². The Labute approximate surface area is 99.8 Å². The summed E-state index contributed by atoms with van der Waals surface area (Å²) < 4.78 is 0. The first-order chi connectivity index (χ1) is 7.16. The second-order valence-corrected chi connectivity index (χ2v) is 6.09. The summed E-state index contributed by atoms with van der Waals surface area (Å²) in [5, 5.41) is 0. The number of hydrogen-bond acceptors (Lipinski definition) is 2. The van der Waals surface area contributed by atoms with Crippen LogP contribution in [-0.4, -0.2) is 11.6 Å². The molecule has 0 spiro atoms. The van der Waals surface area contributed by atoms with Gasteiger partial charge in [0.05, 0.1) is 5.92 Å². The van der Waals surface area contributed by atoms with E-state index in [2.05, 4.69) is 13.8 Å². The van der Waals surface area contributed by atoms with Crippen LogP contribution in [0, 0.1) is 17.3 Å². The van der Waals surface area contributed by atoms with E-state index in [4.69, 9.17) is 0 Å². The first-order valence-corrected chi connectivity index (χ1v) is 6.23. The lowest BCUT2D eigenvalue weighted by molar-refractivity contribution is -0.137. The Morgan fingerprint density at radius 3 is 1.94 bits per heavy atom. The van der Waals surface area contributed by atoms with Crippen molar-refractivity contribution in [3.63, 3.8) is 0 Å². The lowest BCUT2D eigenvalue weighted by Gasteiger charge is -2.21. The van der Waals surface area contributed by atoms with E-state index in [0.717, 1.165) is 12.8 Å². The van der Waals surface area contributed by atoms with Crippen LogP contribution in [0.5, 0.6) is 0 Å². The highest BCUT2D eigenvalue weighted by Gasteiger charge is 2.30. The largest absolute Gasteiger partial charge is 0.299 e. The van der Waals surface area contributed by atoms with Gasteiger partial charge < -0.3 is 0 Å². The Hall–Kier alpha value is -0.660. The molecule has 0 bridgehead atoms. The van der Waals surface area contributed by atoms with Gasteiger partial charge in [-0.1, -0.05) is 41.0 Å². The number of carbonyl (C=O) groups excluding carboxylic acids is 2. The topological polar surface area (TPSA) is 34.1 Å². The Bertz CT molecular complexity index is 246. The third-order valence-electron chi connectivity index (χ3n) is 2.82. The molecule has 0 aromatic rings. The summed E-state index contributed by atoms with van der Waals surface area (Å²) >= 11 is 0. The number of hydrogen-bond donors (Lipinski definition) is 0. The van der Waals surface area contributed by atoms with Crippen LogP contribution in [0.25, 0.3) is 0 Å². The molecule has 0 N–H and O–H groups in total. The summed E-state index contributed by atoms with van der Waals surface area (Å²) in [6.45, 7) is 11.6. The molecule has 0 heterocycles. The summed E-state index contributed by atoms with van der Waals surface area (Å²) in [6.07, 6.45) is 2.50. The fourth-order valence-electron chi connectivity index (χ4n) is 1.70. The first kappa shape index (κ1) is 15.3. The van der Waals surface area contributed by atoms with E-state index in [1.165, 1.54) is 0 Å². The highest BCUT2D eigenvalue weighted by Crippen LogP contribution is 2.22. The minimum absolute atomic E-state index is 0.0575. The van der Waals surface area contributed by atoms with E-state index in [1.54, 1.807) is 6.92 Å². The average molecular weight is 226 g/mol. The zero-order valence-corrected chi connectivity index (χ0v) is 11.6. The fourth-order valence-corrected chi connectivity index (χ4v) is 1.70. The van der Waals surface area contributed by atoms with Gasteiger partial charge in [0.2, 0.25) is 0 Å². The van der Waals surface area contributed by atoms with E-state index in [0.29, 0.717) is 12.3 Å². The van der Waals surface area contributed by atoms with Crippen molar-refractivity contribution >= 4 is 11.6 Å². The van der Waals surface area contributed by atoms with Crippen LogP contribution in [0.3, 0.4) is 0 Å². The molecule has 0 aromatic heterocycles. The molecule has 1 atom stereocenters. The normalized spacial score (nSPS) is 13.9. The number of ketones is 2. The molecule has 0 radical (unpaired) electrons. The van der Waals surface area contributed by atoms with E-state index in [1.807, 2.05) is 20.8 Å². The highest BCUT2D eigenvalue weighted by molar-refractivity contribution is 6.04. The quantitative estimate of drug-likeness (QED) is 0.648. The smallest absolute Gasteiger partial charge is 0.148 e. The SMILES string of the molecule is CC(C)CCCC(=O)C(C)C(=O)C(C)(C)C. The molecule has 0 saturated heterocycles. The van der Waals surface area contributed by atoms with Gasteiger partial charge in [-0.15, -0.1) is 0 Å². The van der Waals surface area contributed by atoms with E-state index >= 15 is 0 Å². The molecule has 0 amide bonds. The van der Waals surface area contributed by atoms with Crippen LogP contribution in [0.15, 0.2) is 0 Å². The summed E-state index contributed by atoms with van der Waals surface area (Å²) in [6, 6.07) is 0. The Morgan fingerprint density at radius 2 is 1.56 bits per heavy atom. The standard InChI is InChI=1S/C14H26O2/c1-10(2)8-7-9-12(15)11(3)13(16)14(4,5)6/h10-11H,7-9H2,1-6H3. The Kier molecular flexibility index (Phi) is 5.91.